The van der Waals surface area contributed by atoms with E-state index in [1.165, 1.54) is 315 Å². The minimum Gasteiger partial charge on any atom is -0.447 e. The van der Waals surface area contributed by atoms with Gasteiger partial charge >= 0.3 is 12.2 Å². The minimum atomic E-state index is -0.419. The summed E-state index contributed by atoms with van der Waals surface area (Å²) >= 11 is 0. The second-order valence-corrected chi connectivity index (χ2v) is 28.5. The van der Waals surface area contributed by atoms with Crippen molar-refractivity contribution in [2.75, 3.05) is 93.4 Å². The van der Waals surface area contributed by atoms with Crippen molar-refractivity contribution in [2.45, 2.75) is 412 Å². The van der Waals surface area contributed by atoms with E-state index in [-0.39, 0.29) is 24.9 Å². The van der Waals surface area contributed by atoms with E-state index in [0.29, 0.717) is 90.8 Å². The zero-order valence-electron chi connectivity index (χ0n) is 63.9. The summed E-state index contributed by atoms with van der Waals surface area (Å²) in [7, 11) is 3.36. The van der Waals surface area contributed by atoms with Crippen LogP contribution < -0.4 is 10.6 Å². The van der Waals surface area contributed by atoms with Crippen LogP contribution in [0.1, 0.15) is 400 Å². The Morgan fingerprint density at radius 3 is 0.947 bits per heavy atom. The molecule has 0 saturated carbocycles. The lowest BCUT2D eigenvalue weighted by Crippen LogP contribution is -2.32. The highest BCUT2D eigenvalue weighted by Crippen LogP contribution is 2.34. The van der Waals surface area contributed by atoms with Gasteiger partial charge in [0.1, 0.15) is 18.8 Å². The van der Waals surface area contributed by atoms with Gasteiger partial charge in [0.2, 0.25) is 0 Å². The Kier molecular flexibility index (Phi) is 78.8. The lowest BCUT2D eigenvalue weighted by atomic mass is 9.78. The molecule has 4 atom stereocenters. The van der Waals surface area contributed by atoms with Gasteiger partial charge in [-0.15, -0.1) is 0 Å². The van der Waals surface area contributed by atoms with Crippen LogP contribution in [0.3, 0.4) is 0 Å². The molecule has 94 heavy (non-hydrogen) atoms. The molecule has 0 fully saturated rings. The van der Waals surface area contributed by atoms with Crippen molar-refractivity contribution in [3.63, 3.8) is 0 Å². The van der Waals surface area contributed by atoms with Crippen LogP contribution >= 0.6 is 0 Å². The number of nitrogens with one attached hydrogen (secondary N) is 2. The summed E-state index contributed by atoms with van der Waals surface area (Å²) in [6.07, 6.45) is 73.7. The summed E-state index contributed by atoms with van der Waals surface area (Å²) in [5, 5.41) is 5.96. The largest absolute Gasteiger partial charge is 0.447 e. The van der Waals surface area contributed by atoms with Gasteiger partial charge in [-0.1, -0.05) is 349 Å². The van der Waals surface area contributed by atoms with Crippen molar-refractivity contribution in [2.24, 2.45) is 11.8 Å². The molecule has 0 aromatic heterocycles. The van der Waals surface area contributed by atoms with Crippen molar-refractivity contribution in [3.05, 3.63) is 0 Å². The van der Waals surface area contributed by atoms with Crippen molar-refractivity contribution < 1.29 is 47.5 Å². The fourth-order valence-corrected chi connectivity index (χ4v) is 13.4. The molecular formula is C82H164N2O10. The third kappa shape index (κ3) is 71.6. The zero-order chi connectivity index (χ0) is 68.0. The summed E-state index contributed by atoms with van der Waals surface area (Å²) in [6.45, 7) is 15.6. The predicted octanol–water partition coefficient (Wildman–Crippen LogP) is 24.5. The second kappa shape index (κ2) is 80.3. The molecule has 2 N–H and O–H groups in total. The Labute approximate surface area is 585 Å². The van der Waals surface area contributed by atoms with Gasteiger partial charge in [0.25, 0.3) is 0 Å². The highest BCUT2D eigenvalue weighted by atomic mass is 16.6. The van der Waals surface area contributed by atoms with E-state index in [0.717, 1.165) is 51.4 Å². The summed E-state index contributed by atoms with van der Waals surface area (Å²) in [6, 6.07) is 0. The number of hydrogen-bond acceptors (Lipinski definition) is 10. The maximum Gasteiger partial charge on any atom is 0.407 e. The number of hydrogen-bond donors (Lipinski definition) is 2. The molecule has 4 unspecified atom stereocenters. The fourth-order valence-electron chi connectivity index (χ4n) is 13.4. The molecule has 0 aliphatic rings. The van der Waals surface area contributed by atoms with E-state index in [1.807, 2.05) is 0 Å². The highest BCUT2D eigenvalue weighted by molar-refractivity contribution is 5.67. The molecule has 562 valence electrons. The number of unbranched alkanes of at least 4 members (excludes halogenated alkanes) is 44. The molecular weight excluding hydrogens is 1170 g/mol. The van der Waals surface area contributed by atoms with E-state index in [1.54, 1.807) is 14.2 Å². The van der Waals surface area contributed by atoms with Crippen LogP contribution in [0.25, 0.3) is 0 Å². The first kappa shape index (κ1) is 92.3. The molecule has 0 bridgehead atoms. The number of ether oxygens (including phenoxy) is 8. The van der Waals surface area contributed by atoms with Crippen LogP contribution in [-0.2, 0) is 37.9 Å². The molecule has 0 aromatic carbocycles. The van der Waals surface area contributed by atoms with Gasteiger partial charge in [-0.3, -0.25) is 0 Å². The SMILES string of the molecule is CCCCCCCCCCCCCCCCCCOCC(COC(=O)NCCCOCCOC)OCCCCC(CCCCCCCCCCCCC)C(CCCCCCCCCC)CCCC(CCCCCCCCCCCCCC)OC(=O)NCCCOCCOC. The number of amides is 2. The summed E-state index contributed by atoms with van der Waals surface area (Å²) in [4.78, 5) is 26.3. The van der Waals surface area contributed by atoms with Crippen LogP contribution in [0.15, 0.2) is 0 Å². The Hall–Kier alpha value is -1.70. The monoisotopic (exact) mass is 1340 g/mol. The van der Waals surface area contributed by atoms with Crippen LogP contribution in [0.5, 0.6) is 0 Å². The van der Waals surface area contributed by atoms with Gasteiger partial charge in [-0.05, 0) is 63.2 Å². The van der Waals surface area contributed by atoms with Crippen molar-refractivity contribution in [1.29, 1.82) is 0 Å². The minimum absolute atomic E-state index is 0.0566. The lowest BCUT2D eigenvalue weighted by Gasteiger charge is -2.29. The maximum absolute atomic E-state index is 13.4. The van der Waals surface area contributed by atoms with Gasteiger partial charge in [-0.2, -0.15) is 0 Å². The topological polar surface area (TPSA) is 132 Å². The van der Waals surface area contributed by atoms with Crippen molar-refractivity contribution in [3.8, 4) is 0 Å². The molecule has 0 saturated heterocycles. The van der Waals surface area contributed by atoms with Crippen LogP contribution in [0.2, 0.25) is 0 Å². The van der Waals surface area contributed by atoms with Gasteiger partial charge in [0.05, 0.1) is 33.0 Å². The first-order valence-corrected chi connectivity index (χ1v) is 41.6. The van der Waals surface area contributed by atoms with Crippen molar-refractivity contribution >= 4 is 12.2 Å². The summed E-state index contributed by atoms with van der Waals surface area (Å²) < 4.78 is 46.4. The van der Waals surface area contributed by atoms with Crippen LogP contribution in [0.4, 0.5) is 9.59 Å². The number of carbonyl (C=O) groups is 2. The number of rotatable bonds is 81. The van der Waals surface area contributed by atoms with E-state index in [9.17, 15) is 9.59 Å². The fraction of sp³-hybridized carbons (Fsp3) is 0.976. The maximum atomic E-state index is 13.4. The average Bonchev–Trinajstić information content (AvgIpc) is 3.11. The molecule has 12 heteroatoms. The normalized spacial score (nSPS) is 13.0. The van der Waals surface area contributed by atoms with Gasteiger partial charge in [-0.25, -0.2) is 9.59 Å². The third-order valence-electron chi connectivity index (χ3n) is 19.5. The number of alkyl carbamates (subject to hydrolysis) is 2. The molecule has 2 amide bonds. The molecule has 12 nitrogen and oxygen atoms in total. The summed E-state index contributed by atoms with van der Waals surface area (Å²) in [5.74, 6) is 1.34. The molecule has 0 aliphatic heterocycles. The molecule has 0 aromatic rings. The Balaban J connectivity index is 5.99. The van der Waals surface area contributed by atoms with Gasteiger partial charge < -0.3 is 48.5 Å². The van der Waals surface area contributed by atoms with Crippen LogP contribution in [0, 0.1) is 11.8 Å². The third-order valence-corrected chi connectivity index (χ3v) is 19.5. The van der Waals surface area contributed by atoms with Crippen molar-refractivity contribution in [1.82, 2.24) is 10.6 Å². The first-order valence-electron chi connectivity index (χ1n) is 41.6. The Bertz CT molecular complexity index is 1450. The van der Waals surface area contributed by atoms with E-state index < -0.39 is 6.09 Å². The predicted molar refractivity (Wildman–Crippen MR) is 401 cm³/mol. The molecule has 0 radical (unpaired) electrons. The average molecular weight is 1340 g/mol. The first-order chi connectivity index (χ1) is 46.4. The lowest BCUT2D eigenvalue weighted by molar-refractivity contribution is -0.0470. The van der Waals surface area contributed by atoms with E-state index >= 15 is 0 Å². The smallest absolute Gasteiger partial charge is 0.407 e. The van der Waals surface area contributed by atoms with E-state index in [4.69, 9.17) is 37.9 Å². The van der Waals surface area contributed by atoms with Crippen LogP contribution in [-0.4, -0.2) is 118 Å². The van der Waals surface area contributed by atoms with Gasteiger partial charge in [0.15, 0.2) is 0 Å². The number of methoxy groups -OCH3 is 2. The van der Waals surface area contributed by atoms with E-state index in [2.05, 4.69) is 38.3 Å². The highest BCUT2D eigenvalue weighted by Gasteiger charge is 2.23. The Morgan fingerprint density at radius 1 is 0.266 bits per heavy atom. The standard InChI is InChI=1S/C82H164N2O10/c1-7-11-15-19-23-27-30-32-33-34-35-38-41-45-49-54-67-91-75-80(76-93-81(85)83-65-57-68-89-73-71-87-5)92-70-55-53-61-77(59-50-47-43-39-36-29-25-21-17-13-9-3)78(60-51-46-42-26-22-18-14-10-4)62-56-64-79(94-82(86)84-66-58-69-90-74-72-88-6)63-52-48-44-40-37-31-28-24-20-16-12-8-2/h77-80H,7-76H2,1-6H3,(H,83,85)(H,84,86). The Morgan fingerprint density at radius 2 is 0.564 bits per heavy atom. The summed E-state index contributed by atoms with van der Waals surface area (Å²) in [5.41, 5.74) is 0. The second-order valence-electron chi connectivity index (χ2n) is 28.5. The molecule has 0 aliphatic carbocycles. The molecule has 0 spiro atoms. The quantitative estimate of drug-likeness (QED) is 0.0567. The number of carbonyl (C=O) groups excluding carboxylic acids is 2. The molecule has 0 rings (SSSR count). The zero-order valence-corrected chi connectivity index (χ0v) is 63.9. The molecule has 0 heterocycles. The van der Waals surface area contributed by atoms with Gasteiger partial charge in [0, 0.05) is 53.7 Å².